The van der Waals surface area contributed by atoms with Gasteiger partial charge in [-0.3, -0.25) is 4.79 Å². The molecule has 1 amide bonds. The zero-order chi connectivity index (χ0) is 20.2. The number of alkyl halides is 2. The SMILES string of the molecule is O=C(c1ccccc1Nc1ccc(OC(F)F)cc1)N1CCOC2CCCCC21. The van der Waals surface area contributed by atoms with E-state index >= 15 is 0 Å². The number of para-hydroxylation sites is 1. The van der Waals surface area contributed by atoms with E-state index in [0.717, 1.165) is 25.7 Å². The summed E-state index contributed by atoms with van der Waals surface area (Å²) in [6.45, 7) is -1.70. The molecule has 7 heteroatoms. The van der Waals surface area contributed by atoms with Crippen LogP contribution in [0.15, 0.2) is 48.5 Å². The van der Waals surface area contributed by atoms with Gasteiger partial charge in [-0.1, -0.05) is 25.0 Å². The van der Waals surface area contributed by atoms with E-state index in [4.69, 9.17) is 4.74 Å². The summed E-state index contributed by atoms with van der Waals surface area (Å²) in [4.78, 5) is 15.3. The molecule has 0 aromatic heterocycles. The number of fused-ring (bicyclic) bond motifs is 1. The normalized spacial score (nSPS) is 21.6. The van der Waals surface area contributed by atoms with Crippen LogP contribution in [0.5, 0.6) is 5.75 Å². The smallest absolute Gasteiger partial charge is 0.387 e. The monoisotopic (exact) mass is 402 g/mol. The van der Waals surface area contributed by atoms with Crippen LogP contribution in [0.2, 0.25) is 0 Å². The first kappa shape index (κ1) is 19.6. The van der Waals surface area contributed by atoms with E-state index < -0.39 is 6.61 Å². The number of nitrogens with zero attached hydrogens (tertiary/aromatic N) is 1. The summed E-state index contributed by atoms with van der Waals surface area (Å²) >= 11 is 0. The molecule has 0 radical (unpaired) electrons. The highest BCUT2D eigenvalue weighted by Gasteiger charge is 2.37. The zero-order valence-corrected chi connectivity index (χ0v) is 16.0. The predicted molar refractivity (Wildman–Crippen MR) is 106 cm³/mol. The van der Waals surface area contributed by atoms with E-state index in [-0.39, 0.29) is 23.8 Å². The van der Waals surface area contributed by atoms with Crippen LogP contribution in [0.1, 0.15) is 36.0 Å². The van der Waals surface area contributed by atoms with Crippen molar-refractivity contribution in [3.05, 3.63) is 54.1 Å². The van der Waals surface area contributed by atoms with Crippen LogP contribution in [0.25, 0.3) is 0 Å². The fourth-order valence-corrected chi connectivity index (χ4v) is 4.16. The maximum Gasteiger partial charge on any atom is 0.387 e. The second-order valence-corrected chi connectivity index (χ2v) is 7.33. The molecule has 1 aliphatic carbocycles. The number of nitrogens with one attached hydrogen (secondary N) is 1. The molecule has 1 heterocycles. The summed E-state index contributed by atoms with van der Waals surface area (Å²) in [6.07, 6.45) is 4.36. The molecule has 1 N–H and O–H groups in total. The molecule has 5 nitrogen and oxygen atoms in total. The number of morpholine rings is 1. The number of hydrogen-bond donors (Lipinski definition) is 1. The number of anilines is 2. The predicted octanol–water partition coefficient (Wildman–Crippen LogP) is 4.82. The third-order valence-corrected chi connectivity index (χ3v) is 5.51. The summed E-state index contributed by atoms with van der Waals surface area (Å²) in [5.74, 6) is 0.0810. The Morgan fingerprint density at radius 3 is 2.66 bits per heavy atom. The molecular formula is C22H24F2N2O3. The van der Waals surface area contributed by atoms with E-state index in [1.807, 2.05) is 29.2 Å². The standard InChI is InChI=1S/C22H24F2N2O3/c23-22(24)29-16-11-9-15(10-12-16)25-18-6-2-1-5-17(18)21(27)26-13-14-28-20-8-4-3-7-19(20)26/h1-2,5-6,9-12,19-20,22,25H,3-4,7-8,13-14H2. The van der Waals surface area contributed by atoms with E-state index in [9.17, 15) is 13.6 Å². The van der Waals surface area contributed by atoms with Crippen LogP contribution in [-0.4, -0.2) is 42.7 Å². The van der Waals surface area contributed by atoms with Crippen LogP contribution < -0.4 is 10.1 Å². The topological polar surface area (TPSA) is 50.8 Å². The van der Waals surface area contributed by atoms with Crippen molar-refractivity contribution in [1.29, 1.82) is 0 Å². The summed E-state index contributed by atoms with van der Waals surface area (Å²) in [7, 11) is 0. The minimum Gasteiger partial charge on any atom is -0.435 e. The van der Waals surface area contributed by atoms with Crippen molar-refractivity contribution in [2.45, 2.75) is 44.4 Å². The first-order valence-corrected chi connectivity index (χ1v) is 9.95. The number of carbonyl (C=O) groups excluding carboxylic acids is 1. The van der Waals surface area contributed by atoms with Gasteiger partial charge in [0.1, 0.15) is 5.75 Å². The Labute approximate surface area is 168 Å². The highest BCUT2D eigenvalue weighted by molar-refractivity contribution is 6.00. The van der Waals surface area contributed by atoms with Gasteiger partial charge in [-0.15, -0.1) is 0 Å². The molecule has 2 unspecified atom stereocenters. The van der Waals surface area contributed by atoms with Crippen molar-refractivity contribution in [2.75, 3.05) is 18.5 Å². The average molecular weight is 402 g/mol. The van der Waals surface area contributed by atoms with Crippen molar-refractivity contribution in [2.24, 2.45) is 0 Å². The number of amides is 1. The van der Waals surface area contributed by atoms with Gasteiger partial charge in [0.2, 0.25) is 0 Å². The van der Waals surface area contributed by atoms with Crippen LogP contribution in [-0.2, 0) is 4.74 Å². The second-order valence-electron chi connectivity index (χ2n) is 7.33. The van der Waals surface area contributed by atoms with Gasteiger partial charge in [-0.05, 0) is 49.2 Å². The quantitative estimate of drug-likeness (QED) is 0.779. The Bertz CT molecular complexity index is 842. The van der Waals surface area contributed by atoms with Gasteiger partial charge in [0.15, 0.2) is 0 Å². The molecule has 4 rings (SSSR count). The van der Waals surface area contributed by atoms with Crippen LogP contribution >= 0.6 is 0 Å². The van der Waals surface area contributed by atoms with E-state index in [1.165, 1.54) is 12.1 Å². The lowest BCUT2D eigenvalue weighted by atomic mass is 9.89. The van der Waals surface area contributed by atoms with Crippen molar-refractivity contribution in [3.8, 4) is 5.75 Å². The maximum absolute atomic E-state index is 13.4. The summed E-state index contributed by atoms with van der Waals surface area (Å²) in [5, 5.41) is 3.22. The van der Waals surface area contributed by atoms with Crippen molar-refractivity contribution in [1.82, 2.24) is 4.90 Å². The van der Waals surface area contributed by atoms with Gasteiger partial charge in [0, 0.05) is 12.2 Å². The van der Waals surface area contributed by atoms with Gasteiger partial charge in [0.25, 0.3) is 5.91 Å². The highest BCUT2D eigenvalue weighted by Crippen LogP contribution is 2.31. The lowest BCUT2D eigenvalue weighted by Crippen LogP contribution is -2.54. The first-order chi connectivity index (χ1) is 14.1. The molecule has 0 spiro atoms. The Balaban J connectivity index is 1.52. The van der Waals surface area contributed by atoms with Gasteiger partial charge in [-0.2, -0.15) is 8.78 Å². The molecule has 1 aliphatic heterocycles. The number of rotatable bonds is 5. The van der Waals surface area contributed by atoms with Gasteiger partial charge >= 0.3 is 6.61 Å². The molecule has 1 saturated carbocycles. The lowest BCUT2D eigenvalue weighted by molar-refractivity contribution is -0.0752. The summed E-state index contributed by atoms with van der Waals surface area (Å²) in [6, 6.07) is 13.7. The molecule has 29 heavy (non-hydrogen) atoms. The highest BCUT2D eigenvalue weighted by atomic mass is 19.3. The Hall–Kier alpha value is -2.67. The number of benzene rings is 2. The number of carbonyl (C=O) groups is 1. The van der Waals surface area contributed by atoms with Crippen LogP contribution in [0.4, 0.5) is 20.2 Å². The zero-order valence-electron chi connectivity index (χ0n) is 16.0. The van der Waals surface area contributed by atoms with E-state index in [2.05, 4.69) is 10.1 Å². The van der Waals surface area contributed by atoms with E-state index in [1.54, 1.807) is 12.1 Å². The molecule has 2 aromatic carbocycles. The van der Waals surface area contributed by atoms with Gasteiger partial charge in [-0.25, -0.2) is 0 Å². The number of halogens is 2. The second kappa shape index (κ2) is 8.78. The lowest BCUT2D eigenvalue weighted by Gasteiger charge is -2.44. The van der Waals surface area contributed by atoms with Gasteiger partial charge < -0.3 is 19.7 Å². The molecule has 2 aliphatic rings. The summed E-state index contributed by atoms with van der Waals surface area (Å²) in [5.41, 5.74) is 1.95. The maximum atomic E-state index is 13.4. The Morgan fingerprint density at radius 2 is 1.86 bits per heavy atom. The van der Waals surface area contributed by atoms with E-state index in [0.29, 0.717) is 30.1 Å². The Kier molecular flexibility index (Phi) is 5.94. The van der Waals surface area contributed by atoms with Crippen molar-refractivity contribution < 1.29 is 23.0 Å². The fourth-order valence-electron chi connectivity index (χ4n) is 4.16. The minimum atomic E-state index is -2.86. The fraction of sp³-hybridized carbons (Fsp3) is 0.409. The third kappa shape index (κ3) is 4.50. The number of ether oxygens (including phenoxy) is 2. The molecule has 2 aromatic rings. The molecule has 2 fully saturated rings. The molecular weight excluding hydrogens is 378 g/mol. The largest absolute Gasteiger partial charge is 0.435 e. The van der Waals surface area contributed by atoms with Crippen molar-refractivity contribution in [3.63, 3.8) is 0 Å². The third-order valence-electron chi connectivity index (χ3n) is 5.51. The van der Waals surface area contributed by atoms with Crippen LogP contribution in [0, 0.1) is 0 Å². The molecule has 2 atom stereocenters. The van der Waals surface area contributed by atoms with Crippen molar-refractivity contribution >= 4 is 17.3 Å². The summed E-state index contributed by atoms with van der Waals surface area (Å²) < 4.78 is 34.9. The number of hydrogen-bond acceptors (Lipinski definition) is 4. The van der Waals surface area contributed by atoms with Crippen LogP contribution in [0.3, 0.4) is 0 Å². The minimum absolute atomic E-state index is 0.00838. The Morgan fingerprint density at radius 1 is 1.10 bits per heavy atom. The molecule has 154 valence electrons. The molecule has 0 bridgehead atoms. The van der Waals surface area contributed by atoms with Gasteiger partial charge in [0.05, 0.1) is 30.0 Å². The average Bonchev–Trinajstić information content (AvgIpc) is 2.74. The molecule has 1 saturated heterocycles. The first-order valence-electron chi connectivity index (χ1n) is 9.95.